The van der Waals surface area contributed by atoms with Gasteiger partial charge in [0.1, 0.15) is 5.82 Å². The molecule has 1 rings (SSSR count). The van der Waals surface area contributed by atoms with Crippen LogP contribution >= 0.6 is 23.2 Å². The Morgan fingerprint density at radius 2 is 2.13 bits per heavy atom. The highest BCUT2D eigenvalue weighted by molar-refractivity contribution is 6.42. The summed E-state index contributed by atoms with van der Waals surface area (Å²) in [6, 6.07) is 2.73. The van der Waals surface area contributed by atoms with Crippen molar-refractivity contribution in [3.63, 3.8) is 0 Å². The number of benzene rings is 1. The summed E-state index contributed by atoms with van der Waals surface area (Å²) in [5.74, 6) is -1.05. The van der Waals surface area contributed by atoms with Crippen molar-refractivity contribution < 1.29 is 9.18 Å². The Labute approximate surface area is 96.5 Å². The summed E-state index contributed by atoms with van der Waals surface area (Å²) in [4.78, 5) is 10.4. The molecule has 0 aromatic heterocycles. The van der Waals surface area contributed by atoms with E-state index in [1.165, 1.54) is 18.2 Å². The SMILES string of the molecule is NC(=O)CC=Cc1cc(F)c(Cl)c(Cl)c1. The number of amides is 1. The Bertz CT molecular complexity index is 395. The molecule has 1 aromatic rings. The summed E-state index contributed by atoms with van der Waals surface area (Å²) in [6.45, 7) is 0. The first-order chi connectivity index (χ1) is 7.00. The number of hydrogen-bond donors (Lipinski definition) is 1. The van der Waals surface area contributed by atoms with Gasteiger partial charge in [-0.25, -0.2) is 4.39 Å². The number of primary amides is 1. The van der Waals surface area contributed by atoms with E-state index in [1.807, 2.05) is 0 Å². The molecule has 15 heavy (non-hydrogen) atoms. The first kappa shape index (κ1) is 12.0. The van der Waals surface area contributed by atoms with Gasteiger partial charge in [-0.15, -0.1) is 0 Å². The summed E-state index contributed by atoms with van der Waals surface area (Å²) in [6.07, 6.45) is 3.18. The first-order valence-corrected chi connectivity index (χ1v) is 4.85. The highest BCUT2D eigenvalue weighted by Gasteiger charge is 2.05. The lowest BCUT2D eigenvalue weighted by Gasteiger charge is -1.99. The van der Waals surface area contributed by atoms with Gasteiger partial charge in [0.25, 0.3) is 0 Å². The lowest BCUT2D eigenvalue weighted by atomic mass is 10.2. The maximum Gasteiger partial charge on any atom is 0.221 e. The maximum atomic E-state index is 13.1. The molecule has 5 heteroatoms. The minimum atomic E-state index is -0.595. The predicted octanol–water partition coefficient (Wildman–Crippen LogP) is 3.02. The smallest absolute Gasteiger partial charge is 0.221 e. The van der Waals surface area contributed by atoms with E-state index >= 15 is 0 Å². The van der Waals surface area contributed by atoms with Gasteiger partial charge in [-0.2, -0.15) is 0 Å². The minimum absolute atomic E-state index is 0.0991. The highest BCUT2D eigenvalue weighted by Crippen LogP contribution is 2.26. The van der Waals surface area contributed by atoms with E-state index < -0.39 is 11.7 Å². The van der Waals surface area contributed by atoms with Crippen molar-refractivity contribution in [1.29, 1.82) is 0 Å². The van der Waals surface area contributed by atoms with Crippen molar-refractivity contribution in [2.75, 3.05) is 0 Å². The predicted molar refractivity (Wildman–Crippen MR) is 59.3 cm³/mol. The van der Waals surface area contributed by atoms with Crippen LogP contribution in [0.2, 0.25) is 10.0 Å². The molecular formula is C10H8Cl2FNO. The normalized spacial score (nSPS) is 10.9. The summed E-state index contributed by atoms with van der Waals surface area (Å²) >= 11 is 11.2. The summed E-state index contributed by atoms with van der Waals surface area (Å²) < 4.78 is 13.1. The second-order valence-electron chi connectivity index (χ2n) is 2.87. The van der Waals surface area contributed by atoms with Crippen LogP contribution in [0.4, 0.5) is 4.39 Å². The zero-order valence-corrected chi connectivity index (χ0v) is 9.15. The Morgan fingerprint density at radius 1 is 1.47 bits per heavy atom. The summed E-state index contributed by atoms with van der Waals surface area (Å²) in [7, 11) is 0. The third-order valence-corrected chi connectivity index (χ3v) is 2.41. The van der Waals surface area contributed by atoms with E-state index in [9.17, 15) is 9.18 Å². The quantitative estimate of drug-likeness (QED) is 0.821. The fourth-order valence-corrected chi connectivity index (χ4v) is 1.31. The van der Waals surface area contributed by atoms with E-state index in [0.29, 0.717) is 5.56 Å². The minimum Gasteiger partial charge on any atom is -0.369 e. The lowest BCUT2D eigenvalue weighted by molar-refractivity contribution is -0.117. The van der Waals surface area contributed by atoms with Crippen LogP contribution in [0.5, 0.6) is 0 Å². The number of nitrogens with two attached hydrogens (primary N) is 1. The van der Waals surface area contributed by atoms with Gasteiger partial charge in [0.2, 0.25) is 5.91 Å². The van der Waals surface area contributed by atoms with Crippen molar-refractivity contribution in [2.24, 2.45) is 5.73 Å². The maximum absolute atomic E-state index is 13.1. The molecule has 0 unspecified atom stereocenters. The number of carbonyl (C=O) groups is 1. The average Bonchev–Trinajstić information content (AvgIpc) is 2.13. The van der Waals surface area contributed by atoms with Crippen LogP contribution in [-0.4, -0.2) is 5.91 Å². The topological polar surface area (TPSA) is 43.1 Å². The van der Waals surface area contributed by atoms with Gasteiger partial charge >= 0.3 is 0 Å². The molecule has 0 fully saturated rings. The molecular weight excluding hydrogens is 240 g/mol. The van der Waals surface area contributed by atoms with Crippen molar-refractivity contribution >= 4 is 35.2 Å². The molecule has 0 aliphatic heterocycles. The summed E-state index contributed by atoms with van der Waals surface area (Å²) in [5, 5.41) is 0.0270. The number of rotatable bonds is 3. The van der Waals surface area contributed by atoms with Gasteiger partial charge in [0.05, 0.1) is 10.0 Å². The van der Waals surface area contributed by atoms with Crippen molar-refractivity contribution in [3.8, 4) is 0 Å². The molecule has 1 amide bonds. The second kappa shape index (κ2) is 5.14. The fourth-order valence-electron chi connectivity index (χ4n) is 0.983. The Balaban J connectivity index is 2.87. The van der Waals surface area contributed by atoms with Crippen molar-refractivity contribution in [2.45, 2.75) is 6.42 Å². The number of halogens is 3. The van der Waals surface area contributed by atoms with Gasteiger partial charge in [-0.05, 0) is 17.7 Å². The van der Waals surface area contributed by atoms with Gasteiger partial charge in [0.15, 0.2) is 0 Å². The van der Waals surface area contributed by atoms with Crippen LogP contribution in [0.3, 0.4) is 0 Å². The van der Waals surface area contributed by atoms with E-state index in [0.717, 1.165) is 0 Å². The van der Waals surface area contributed by atoms with Gasteiger partial charge in [-0.3, -0.25) is 4.79 Å². The molecule has 0 saturated carbocycles. The van der Waals surface area contributed by atoms with Gasteiger partial charge in [-0.1, -0.05) is 35.4 Å². The van der Waals surface area contributed by atoms with Crippen LogP contribution in [0, 0.1) is 5.82 Å². The Kier molecular flexibility index (Phi) is 4.12. The lowest BCUT2D eigenvalue weighted by Crippen LogP contribution is -2.07. The highest BCUT2D eigenvalue weighted by atomic mass is 35.5. The zero-order chi connectivity index (χ0) is 11.4. The van der Waals surface area contributed by atoms with Crippen LogP contribution in [-0.2, 0) is 4.79 Å². The molecule has 2 nitrogen and oxygen atoms in total. The first-order valence-electron chi connectivity index (χ1n) is 4.10. The molecule has 0 aliphatic carbocycles. The molecule has 1 aromatic carbocycles. The van der Waals surface area contributed by atoms with E-state index in [4.69, 9.17) is 28.9 Å². The van der Waals surface area contributed by atoms with Crippen LogP contribution in [0.15, 0.2) is 18.2 Å². The number of hydrogen-bond acceptors (Lipinski definition) is 1. The van der Waals surface area contributed by atoms with Gasteiger partial charge in [0, 0.05) is 6.42 Å². The molecule has 80 valence electrons. The molecule has 0 bridgehead atoms. The molecule has 0 saturated heterocycles. The third-order valence-electron chi connectivity index (χ3n) is 1.64. The van der Waals surface area contributed by atoms with Crippen LogP contribution in [0.25, 0.3) is 6.08 Å². The molecule has 0 atom stereocenters. The van der Waals surface area contributed by atoms with E-state index in [2.05, 4.69) is 0 Å². The zero-order valence-electron chi connectivity index (χ0n) is 7.64. The fraction of sp³-hybridized carbons (Fsp3) is 0.100. The second-order valence-corrected chi connectivity index (χ2v) is 3.66. The van der Waals surface area contributed by atoms with Crippen LogP contribution in [0.1, 0.15) is 12.0 Å². The summed E-state index contributed by atoms with van der Waals surface area (Å²) in [5.41, 5.74) is 5.46. The molecule has 0 aliphatic rings. The van der Waals surface area contributed by atoms with Crippen molar-refractivity contribution in [1.82, 2.24) is 0 Å². The Morgan fingerprint density at radius 3 is 2.67 bits per heavy atom. The third kappa shape index (κ3) is 3.53. The standard InChI is InChI=1S/C10H8Cl2FNO/c11-7-4-6(2-1-3-9(14)15)5-8(13)10(7)12/h1-2,4-5H,3H2,(H2,14,15). The van der Waals surface area contributed by atoms with E-state index in [-0.39, 0.29) is 16.5 Å². The number of carbonyl (C=O) groups excluding carboxylic acids is 1. The molecule has 0 heterocycles. The van der Waals surface area contributed by atoms with Crippen LogP contribution < -0.4 is 5.73 Å². The molecule has 2 N–H and O–H groups in total. The monoisotopic (exact) mass is 247 g/mol. The largest absolute Gasteiger partial charge is 0.369 e. The Hall–Kier alpha value is -1.06. The van der Waals surface area contributed by atoms with Crippen molar-refractivity contribution in [3.05, 3.63) is 39.6 Å². The van der Waals surface area contributed by atoms with E-state index in [1.54, 1.807) is 6.08 Å². The van der Waals surface area contributed by atoms with Gasteiger partial charge < -0.3 is 5.73 Å². The average molecular weight is 248 g/mol. The molecule has 0 spiro atoms. The molecule has 0 radical (unpaired) electrons.